The molecule has 0 aromatic rings. The van der Waals surface area contributed by atoms with Gasteiger partial charge in [0.1, 0.15) is 10.1 Å². The molecule has 0 aromatic heterocycles. The van der Waals surface area contributed by atoms with Crippen molar-refractivity contribution >= 4 is 209 Å². The quantitative estimate of drug-likeness (QED) is 0.193. The summed E-state index contributed by atoms with van der Waals surface area (Å²) in [6, 6.07) is 0. The average Bonchev–Trinajstić information content (AvgIpc) is 2.50. The van der Waals surface area contributed by atoms with E-state index in [4.69, 9.17) is 214 Å². The molecule has 1 nitrogen and oxygen atoms in total. The van der Waals surface area contributed by atoms with Crippen LogP contribution in [0.15, 0.2) is 20.5 Å². The van der Waals surface area contributed by atoms with E-state index in [1.165, 1.54) is 0 Å². The van der Waals surface area contributed by atoms with Crippen LogP contribution in [0.4, 0.5) is 0 Å². The normalized spacial score (nSPS) is 17.0. The van der Waals surface area contributed by atoms with Crippen molar-refractivity contribution in [2.45, 2.75) is 24.9 Å². The zero-order chi connectivity index (χ0) is 24.0. The molecule has 0 atom stereocenters. The van der Waals surface area contributed by atoms with Gasteiger partial charge in [-0.25, -0.2) is 0 Å². The lowest BCUT2D eigenvalue weighted by Gasteiger charge is -2.37. The van der Waals surface area contributed by atoms with Crippen LogP contribution in [0, 0.1) is 0 Å². The summed E-state index contributed by atoms with van der Waals surface area (Å²) in [4.78, 5) is 0. The lowest BCUT2D eigenvalue weighted by molar-refractivity contribution is 0.358. The molecule has 0 N–H and O–H groups in total. The first-order chi connectivity index (χ1) is 12.4. The highest BCUT2D eigenvalue weighted by Crippen LogP contribution is 2.62. The largest absolute Gasteiger partial charge is 0.431 e. The van der Waals surface area contributed by atoms with E-state index in [2.05, 4.69) is 0 Å². The zero-order valence-corrected chi connectivity index (χ0v) is 25.8. The Hall–Kier alpha value is 4.50. The molecule has 172 valence electrons. The fourth-order valence-electron chi connectivity index (χ4n) is 1.05. The van der Waals surface area contributed by atoms with E-state index < -0.39 is 45.4 Å². The molecular weight excluding hydrogens is 774 g/mol. The van der Waals surface area contributed by atoms with E-state index in [1.807, 2.05) is 0 Å². The van der Waals surface area contributed by atoms with Crippen LogP contribution in [0.25, 0.3) is 0 Å². The maximum Gasteiger partial charge on any atom is 0.226 e. The highest BCUT2D eigenvalue weighted by Gasteiger charge is 2.63. The molecule has 19 heteroatoms. The molecule has 0 fully saturated rings. The van der Waals surface area contributed by atoms with Crippen molar-refractivity contribution in [2.24, 2.45) is 0 Å². The topological polar surface area (TPSA) is 9.23 Å². The molecule has 0 saturated heterocycles. The maximum atomic E-state index is 6.00. The SMILES string of the molecule is ClC(OC(Cl)=C(Cl)C(Cl)(Cl)C(Cl)(Cl)C(Cl)(Cl)Cl)=C(Cl)C(Cl)(Cl)C(Cl)(Cl)C(Cl)(Cl)Cl. The smallest absolute Gasteiger partial charge is 0.226 e. The van der Waals surface area contributed by atoms with Gasteiger partial charge in [-0.05, 0) is 23.2 Å². The molecule has 0 amide bonds. The monoisotopic (exact) mass is 765 g/mol. The van der Waals surface area contributed by atoms with E-state index in [-0.39, 0.29) is 0 Å². The van der Waals surface area contributed by atoms with E-state index in [0.29, 0.717) is 0 Å². The first-order valence-electron chi connectivity index (χ1n) is 5.81. The van der Waals surface area contributed by atoms with Crippen molar-refractivity contribution in [3.05, 3.63) is 20.5 Å². The van der Waals surface area contributed by atoms with Crippen LogP contribution >= 0.6 is 209 Å². The number of ether oxygens (including phenoxy) is 1. The minimum Gasteiger partial charge on any atom is -0.431 e. The van der Waals surface area contributed by atoms with Crippen molar-refractivity contribution in [3.63, 3.8) is 0 Å². The third-order valence-electron chi connectivity index (χ3n) is 2.58. The average molecular weight is 774 g/mol. The maximum absolute atomic E-state index is 6.00. The van der Waals surface area contributed by atoms with Crippen LogP contribution in [0.2, 0.25) is 0 Å². The van der Waals surface area contributed by atoms with Gasteiger partial charge in [-0.15, -0.1) is 0 Å². The highest BCUT2D eigenvalue weighted by molar-refractivity contribution is 6.81. The van der Waals surface area contributed by atoms with Crippen LogP contribution < -0.4 is 0 Å². The van der Waals surface area contributed by atoms with Crippen molar-refractivity contribution in [3.8, 4) is 0 Å². The van der Waals surface area contributed by atoms with Gasteiger partial charge in [0.25, 0.3) is 0 Å². The van der Waals surface area contributed by atoms with Gasteiger partial charge in [0, 0.05) is 0 Å². The summed E-state index contributed by atoms with van der Waals surface area (Å²) in [7, 11) is 0. The Morgan fingerprint density at radius 1 is 0.414 bits per heavy atom. The first kappa shape index (κ1) is 33.5. The molecular formula is C10Cl18O. The molecule has 0 radical (unpaired) electrons. The highest BCUT2D eigenvalue weighted by atomic mass is 35.6. The first-order valence-corrected chi connectivity index (χ1v) is 12.6. The number of rotatable bonds is 6. The summed E-state index contributed by atoms with van der Waals surface area (Å²) in [6.45, 7) is 0. The second-order valence-corrected chi connectivity index (χ2v) is 15.9. The van der Waals surface area contributed by atoms with E-state index >= 15 is 0 Å². The van der Waals surface area contributed by atoms with Crippen molar-refractivity contribution in [2.75, 3.05) is 0 Å². The summed E-state index contributed by atoms with van der Waals surface area (Å²) in [5.74, 6) is 0. The fourth-order valence-corrected chi connectivity index (χ4v) is 4.99. The summed E-state index contributed by atoms with van der Waals surface area (Å²) in [5, 5.41) is -3.29. The molecule has 0 aliphatic rings. The number of halogens is 18. The number of hydrogen-bond donors (Lipinski definition) is 0. The van der Waals surface area contributed by atoms with Gasteiger partial charge >= 0.3 is 0 Å². The summed E-state index contributed by atoms with van der Waals surface area (Å²) in [6.07, 6.45) is 0. The van der Waals surface area contributed by atoms with Crippen LogP contribution in [0.3, 0.4) is 0 Å². The van der Waals surface area contributed by atoms with E-state index in [1.54, 1.807) is 0 Å². The lowest BCUT2D eigenvalue weighted by Crippen LogP contribution is -2.47. The second-order valence-electron chi connectivity index (χ2n) is 4.57. The molecule has 0 aliphatic heterocycles. The van der Waals surface area contributed by atoms with Crippen LogP contribution in [-0.2, 0) is 4.74 Å². The summed E-state index contributed by atoms with van der Waals surface area (Å²) in [5.41, 5.74) is 0. The Bertz CT molecular complexity index is 618. The summed E-state index contributed by atoms with van der Waals surface area (Å²) >= 11 is 105. The van der Waals surface area contributed by atoms with Crippen LogP contribution in [0.1, 0.15) is 0 Å². The van der Waals surface area contributed by atoms with Crippen LogP contribution in [-0.4, -0.2) is 24.9 Å². The van der Waals surface area contributed by atoms with E-state index in [9.17, 15) is 0 Å². The van der Waals surface area contributed by atoms with Gasteiger partial charge in [0.15, 0.2) is 8.67 Å². The Morgan fingerprint density at radius 2 is 0.621 bits per heavy atom. The predicted octanol–water partition coefficient (Wildman–Crippen LogP) is 11.7. The number of allylic oxidation sites excluding steroid dienone is 2. The number of alkyl halides is 14. The Morgan fingerprint density at radius 3 is 0.793 bits per heavy atom. The van der Waals surface area contributed by atoms with Gasteiger partial charge in [0.2, 0.25) is 26.7 Å². The van der Waals surface area contributed by atoms with Gasteiger partial charge in [-0.1, -0.05) is 186 Å². The molecule has 0 rings (SSSR count). The Kier molecular flexibility index (Phi) is 13.0. The van der Waals surface area contributed by atoms with Crippen molar-refractivity contribution in [1.29, 1.82) is 0 Å². The Labute approximate surface area is 255 Å². The van der Waals surface area contributed by atoms with Gasteiger partial charge < -0.3 is 4.74 Å². The minimum absolute atomic E-state index is 0.791. The molecule has 0 spiro atoms. The molecule has 0 heterocycles. The molecule has 0 unspecified atom stereocenters. The minimum atomic E-state index is -2.55. The molecule has 0 aromatic carbocycles. The zero-order valence-electron chi connectivity index (χ0n) is 12.2. The standard InChI is InChI=1S/C10Cl18O/c11-1(5(15,16)7(19,20)9(23,24)25)3(13)29-4(14)2(12)6(17,18)8(21,22)10(26,27)28. The number of hydrogen-bond acceptors (Lipinski definition) is 1. The predicted molar refractivity (Wildman–Crippen MR) is 137 cm³/mol. The second kappa shape index (κ2) is 11.3. The fraction of sp³-hybridized carbons (Fsp3) is 0.600. The van der Waals surface area contributed by atoms with Crippen molar-refractivity contribution < 1.29 is 4.74 Å². The molecule has 0 bridgehead atoms. The van der Waals surface area contributed by atoms with Gasteiger partial charge in [-0.2, -0.15) is 0 Å². The van der Waals surface area contributed by atoms with Gasteiger partial charge in [-0.3, -0.25) is 0 Å². The van der Waals surface area contributed by atoms with Gasteiger partial charge in [0.05, 0.1) is 0 Å². The molecule has 29 heavy (non-hydrogen) atoms. The molecule has 0 aliphatic carbocycles. The summed E-state index contributed by atoms with van der Waals surface area (Å²) < 4.78 is -10.1. The Balaban J connectivity index is 6.21. The molecule has 0 saturated carbocycles. The van der Waals surface area contributed by atoms with Crippen LogP contribution in [0.5, 0.6) is 0 Å². The third-order valence-corrected chi connectivity index (χ3v) is 12.4. The van der Waals surface area contributed by atoms with Crippen molar-refractivity contribution in [1.82, 2.24) is 0 Å². The van der Waals surface area contributed by atoms with E-state index in [0.717, 1.165) is 0 Å². The lowest BCUT2D eigenvalue weighted by atomic mass is 10.3. The third kappa shape index (κ3) is 7.27.